The van der Waals surface area contributed by atoms with Crippen LogP contribution in [0.4, 0.5) is 17.1 Å². The molecule has 0 N–H and O–H groups in total. The van der Waals surface area contributed by atoms with Crippen molar-refractivity contribution < 1.29 is 8.83 Å². The molecule has 0 amide bonds. The number of para-hydroxylation sites is 3. The van der Waals surface area contributed by atoms with Crippen molar-refractivity contribution in [1.29, 1.82) is 0 Å². The van der Waals surface area contributed by atoms with Gasteiger partial charge in [0.05, 0.1) is 0 Å². The van der Waals surface area contributed by atoms with Crippen LogP contribution in [0.3, 0.4) is 0 Å². The summed E-state index contributed by atoms with van der Waals surface area (Å²) in [5.74, 6) is 0. The average molecular weight is 730 g/mol. The number of furan rings is 2. The molecule has 0 saturated carbocycles. The van der Waals surface area contributed by atoms with Crippen LogP contribution in [0.5, 0.6) is 0 Å². The third-order valence-corrected chi connectivity index (χ3v) is 11.1. The summed E-state index contributed by atoms with van der Waals surface area (Å²) in [6.07, 6.45) is 0. The van der Waals surface area contributed by atoms with E-state index in [9.17, 15) is 0 Å². The summed E-state index contributed by atoms with van der Waals surface area (Å²) >= 11 is 0. The zero-order valence-corrected chi connectivity index (χ0v) is 31.0. The van der Waals surface area contributed by atoms with Gasteiger partial charge in [-0.2, -0.15) is 0 Å². The van der Waals surface area contributed by atoms with Gasteiger partial charge in [-0.3, -0.25) is 0 Å². The highest BCUT2D eigenvalue weighted by Crippen LogP contribution is 2.40. The number of hydrogen-bond acceptors (Lipinski definition) is 3. The molecule has 2 aromatic heterocycles. The molecule has 57 heavy (non-hydrogen) atoms. The minimum absolute atomic E-state index is 0.904. The van der Waals surface area contributed by atoms with E-state index in [0.29, 0.717) is 0 Å². The molecule has 9 aromatic carbocycles. The van der Waals surface area contributed by atoms with Crippen molar-refractivity contribution in [1.82, 2.24) is 0 Å². The summed E-state index contributed by atoms with van der Waals surface area (Å²) in [6.45, 7) is 0. The lowest BCUT2D eigenvalue weighted by Crippen LogP contribution is -2.09. The monoisotopic (exact) mass is 729 g/mol. The van der Waals surface area contributed by atoms with Crippen molar-refractivity contribution in [2.75, 3.05) is 4.90 Å². The van der Waals surface area contributed by atoms with Crippen LogP contribution in [0, 0.1) is 0 Å². The Morgan fingerprint density at radius 3 is 1.30 bits per heavy atom. The minimum atomic E-state index is 0.904. The second-order valence-corrected chi connectivity index (χ2v) is 14.5. The second kappa shape index (κ2) is 13.6. The van der Waals surface area contributed by atoms with Crippen LogP contribution in [0.25, 0.3) is 88.4 Å². The fourth-order valence-corrected chi connectivity index (χ4v) is 8.21. The lowest BCUT2D eigenvalue weighted by molar-refractivity contribution is 0.669. The van der Waals surface area contributed by atoms with Crippen molar-refractivity contribution in [3.05, 3.63) is 212 Å². The molecule has 0 aliphatic rings. The molecule has 0 radical (unpaired) electrons. The van der Waals surface area contributed by atoms with Crippen LogP contribution >= 0.6 is 0 Å². The zero-order chi connectivity index (χ0) is 37.7. The Hall–Kier alpha value is -7.62. The molecule has 268 valence electrons. The third-order valence-electron chi connectivity index (χ3n) is 11.1. The third kappa shape index (κ3) is 5.85. The molecule has 0 aliphatic carbocycles. The highest BCUT2D eigenvalue weighted by atomic mass is 16.3. The molecule has 0 unspecified atom stereocenters. The number of hydrogen-bond donors (Lipinski definition) is 0. The molecule has 3 heteroatoms. The topological polar surface area (TPSA) is 29.5 Å². The van der Waals surface area contributed by atoms with Crippen LogP contribution in [0.1, 0.15) is 0 Å². The second-order valence-electron chi connectivity index (χ2n) is 14.5. The van der Waals surface area contributed by atoms with Gasteiger partial charge in [0.15, 0.2) is 0 Å². The summed E-state index contributed by atoms with van der Waals surface area (Å²) in [7, 11) is 0. The molecule has 11 rings (SSSR count). The highest BCUT2D eigenvalue weighted by molar-refractivity contribution is 6.09. The van der Waals surface area contributed by atoms with Crippen LogP contribution < -0.4 is 4.90 Å². The summed E-state index contributed by atoms with van der Waals surface area (Å²) in [5.41, 5.74) is 16.1. The maximum Gasteiger partial charge on any atom is 0.143 e. The molecule has 0 fully saturated rings. The van der Waals surface area contributed by atoms with E-state index in [1.54, 1.807) is 0 Å². The number of rotatable bonds is 7. The summed E-state index contributed by atoms with van der Waals surface area (Å²) < 4.78 is 12.4. The molecule has 0 bridgehead atoms. The number of anilines is 3. The van der Waals surface area contributed by atoms with Gasteiger partial charge in [0, 0.05) is 44.2 Å². The van der Waals surface area contributed by atoms with E-state index in [0.717, 1.165) is 94.3 Å². The van der Waals surface area contributed by atoms with Gasteiger partial charge in [-0.05, 0) is 99.6 Å². The van der Waals surface area contributed by atoms with Gasteiger partial charge in [0.25, 0.3) is 0 Å². The summed E-state index contributed by atoms with van der Waals surface area (Å²) in [5, 5.41) is 4.55. The van der Waals surface area contributed by atoms with E-state index in [1.165, 1.54) is 11.1 Å². The van der Waals surface area contributed by atoms with Crippen molar-refractivity contribution >= 4 is 60.9 Å². The predicted molar refractivity (Wildman–Crippen MR) is 237 cm³/mol. The molecule has 2 heterocycles. The van der Waals surface area contributed by atoms with Gasteiger partial charge in [0.1, 0.15) is 22.3 Å². The first-order valence-electron chi connectivity index (χ1n) is 19.3. The molecule has 0 aliphatic heterocycles. The van der Waals surface area contributed by atoms with E-state index in [2.05, 4.69) is 193 Å². The smallest absolute Gasteiger partial charge is 0.143 e. The Bertz CT molecular complexity index is 3190. The molecule has 0 spiro atoms. The molecule has 0 saturated heterocycles. The quantitative estimate of drug-likeness (QED) is 0.164. The van der Waals surface area contributed by atoms with Gasteiger partial charge < -0.3 is 13.7 Å². The number of fused-ring (bicyclic) bond motifs is 6. The normalized spacial score (nSPS) is 11.5. The van der Waals surface area contributed by atoms with Gasteiger partial charge in [-0.25, -0.2) is 0 Å². The molecule has 0 atom stereocenters. The van der Waals surface area contributed by atoms with E-state index in [4.69, 9.17) is 8.83 Å². The van der Waals surface area contributed by atoms with Gasteiger partial charge >= 0.3 is 0 Å². The van der Waals surface area contributed by atoms with E-state index in [1.807, 2.05) is 24.3 Å². The summed E-state index contributed by atoms with van der Waals surface area (Å²) in [6, 6.07) is 75.2. The molecular weight excluding hydrogens is 695 g/mol. The lowest BCUT2D eigenvalue weighted by atomic mass is 9.98. The van der Waals surface area contributed by atoms with Crippen molar-refractivity contribution in [2.45, 2.75) is 0 Å². The van der Waals surface area contributed by atoms with E-state index in [-0.39, 0.29) is 0 Å². The predicted octanol–water partition coefficient (Wildman–Crippen LogP) is 15.6. The van der Waals surface area contributed by atoms with Crippen LogP contribution in [-0.4, -0.2) is 0 Å². The van der Waals surface area contributed by atoms with Gasteiger partial charge in [-0.15, -0.1) is 0 Å². The van der Waals surface area contributed by atoms with Crippen molar-refractivity contribution in [2.24, 2.45) is 0 Å². The average Bonchev–Trinajstić information content (AvgIpc) is 3.86. The van der Waals surface area contributed by atoms with E-state index < -0.39 is 0 Å². The first-order chi connectivity index (χ1) is 28.2. The maximum atomic E-state index is 6.34. The zero-order valence-electron chi connectivity index (χ0n) is 31.0. The van der Waals surface area contributed by atoms with Crippen molar-refractivity contribution in [3.8, 4) is 44.5 Å². The fraction of sp³-hybridized carbons (Fsp3) is 0. The first-order valence-corrected chi connectivity index (χ1v) is 19.3. The van der Waals surface area contributed by atoms with Gasteiger partial charge in [-0.1, -0.05) is 152 Å². The first kappa shape index (κ1) is 32.8. The SMILES string of the molecule is c1ccc(-c2ccc(N(c3ccc(-c4ccc(-c5cccc6c5oc5ccccc56)cc4)cc3)c3ccc(-c4ccc5oc6ccccc6c5c4)cc3)cc2)cc1. The molecule has 3 nitrogen and oxygen atoms in total. The molecular formula is C54H35NO2. The van der Waals surface area contributed by atoms with Crippen LogP contribution in [0.15, 0.2) is 221 Å². The number of benzene rings is 9. The minimum Gasteiger partial charge on any atom is -0.456 e. The summed E-state index contributed by atoms with van der Waals surface area (Å²) in [4.78, 5) is 2.33. The lowest BCUT2D eigenvalue weighted by Gasteiger charge is -2.26. The Labute approximate surface area is 330 Å². The van der Waals surface area contributed by atoms with Gasteiger partial charge in [0.2, 0.25) is 0 Å². The Morgan fingerprint density at radius 2 is 0.684 bits per heavy atom. The van der Waals surface area contributed by atoms with E-state index >= 15 is 0 Å². The highest BCUT2D eigenvalue weighted by Gasteiger charge is 2.16. The largest absolute Gasteiger partial charge is 0.456 e. The fourth-order valence-electron chi connectivity index (χ4n) is 8.21. The van der Waals surface area contributed by atoms with Crippen LogP contribution in [-0.2, 0) is 0 Å². The van der Waals surface area contributed by atoms with Crippen molar-refractivity contribution in [3.63, 3.8) is 0 Å². The number of nitrogens with zero attached hydrogens (tertiary/aromatic N) is 1. The van der Waals surface area contributed by atoms with Crippen LogP contribution in [0.2, 0.25) is 0 Å². The Morgan fingerprint density at radius 1 is 0.263 bits per heavy atom. The maximum absolute atomic E-state index is 6.34. The Balaban J connectivity index is 0.925. The molecule has 11 aromatic rings. The Kier molecular flexibility index (Phi) is 7.82. The standard InChI is InChI=1S/C54H35NO2/c1-2-9-36(10-3-1)38-21-28-43(29-22-38)55(45-32-25-40(26-33-45)42-27-34-53-50(35-42)48-12-5-6-15-51(48)56-53)44-30-23-39(24-31-44)37-17-19-41(20-18-37)46-13-8-14-49-47-11-4-7-16-52(47)57-54(46)49/h1-35H.